The van der Waals surface area contributed by atoms with Crippen molar-refractivity contribution in [2.24, 2.45) is 0 Å². The highest BCUT2D eigenvalue weighted by molar-refractivity contribution is 5.94. The van der Waals surface area contributed by atoms with Gasteiger partial charge in [0.1, 0.15) is 0 Å². The van der Waals surface area contributed by atoms with Crippen molar-refractivity contribution in [2.75, 3.05) is 4.90 Å². The molecule has 0 atom stereocenters. The number of H-pyrrole nitrogens is 1. The van der Waals surface area contributed by atoms with Gasteiger partial charge in [-0.1, -0.05) is 60.7 Å². The molecule has 0 aliphatic carbocycles. The number of hydrogen-bond acceptors (Lipinski definition) is 3. The fourth-order valence-electron chi connectivity index (χ4n) is 3.18. The van der Waals surface area contributed by atoms with Crippen molar-refractivity contribution in [3.8, 4) is 0 Å². The van der Waals surface area contributed by atoms with E-state index in [1.165, 1.54) is 11.1 Å². The summed E-state index contributed by atoms with van der Waals surface area (Å²) < 4.78 is 0. The van der Waals surface area contributed by atoms with Gasteiger partial charge in [0.25, 0.3) is 0 Å². The Morgan fingerprint density at radius 3 is 2.08 bits per heavy atom. The maximum absolute atomic E-state index is 11.2. The molecule has 0 amide bonds. The monoisotopic (exact) mass is 341 g/mol. The van der Waals surface area contributed by atoms with E-state index in [0.717, 1.165) is 36.1 Å². The number of anilines is 1. The molecule has 0 fully saturated rings. The molecule has 26 heavy (non-hydrogen) atoms. The molecule has 128 valence electrons. The third kappa shape index (κ3) is 3.35. The summed E-state index contributed by atoms with van der Waals surface area (Å²) in [5.74, 6) is 0.850. The minimum absolute atomic E-state index is 0.564. The number of benzene rings is 2. The summed E-state index contributed by atoms with van der Waals surface area (Å²) in [7, 11) is 0. The molecule has 2 aromatic heterocycles. The number of carbonyl (C=O) groups excluding carboxylic acids is 1. The zero-order chi connectivity index (χ0) is 17.8. The van der Waals surface area contributed by atoms with Gasteiger partial charge in [-0.05, 0) is 23.3 Å². The van der Waals surface area contributed by atoms with Gasteiger partial charge in [0.05, 0.1) is 11.2 Å². The van der Waals surface area contributed by atoms with E-state index in [2.05, 4.69) is 39.1 Å². The average molecular weight is 341 g/mol. The Kier molecular flexibility index (Phi) is 4.48. The number of nitrogens with zero attached hydrogens (tertiary/aromatic N) is 2. The predicted octanol–water partition coefficient (Wildman–Crippen LogP) is 4.58. The molecule has 4 nitrogen and oxygen atoms in total. The lowest BCUT2D eigenvalue weighted by Gasteiger charge is -2.24. The first-order valence-corrected chi connectivity index (χ1v) is 8.59. The van der Waals surface area contributed by atoms with Gasteiger partial charge in [-0.15, -0.1) is 0 Å². The smallest absolute Gasteiger partial charge is 0.166 e. The highest BCUT2D eigenvalue weighted by Gasteiger charge is 2.15. The van der Waals surface area contributed by atoms with Crippen LogP contribution in [0.3, 0.4) is 0 Å². The number of aromatic amines is 1. The number of carbonyl (C=O) groups is 1. The van der Waals surface area contributed by atoms with E-state index < -0.39 is 0 Å². The molecule has 0 unspecified atom stereocenters. The standard InChI is InChI=1S/C22H19N3O/c26-16-20-13-19-11-12-23-22(21(19)24-20)25(14-17-7-3-1-4-8-17)15-18-9-5-2-6-10-18/h1-13,16,24H,14-15H2. The Hall–Kier alpha value is -3.40. The first-order chi connectivity index (χ1) is 12.8. The van der Waals surface area contributed by atoms with Crippen LogP contribution in [-0.2, 0) is 13.1 Å². The summed E-state index contributed by atoms with van der Waals surface area (Å²) in [4.78, 5) is 21.2. The van der Waals surface area contributed by atoms with E-state index in [0.29, 0.717) is 5.69 Å². The minimum atomic E-state index is 0.564. The minimum Gasteiger partial charge on any atom is -0.349 e. The number of aldehydes is 1. The third-order valence-corrected chi connectivity index (χ3v) is 4.40. The maximum Gasteiger partial charge on any atom is 0.166 e. The van der Waals surface area contributed by atoms with E-state index in [-0.39, 0.29) is 0 Å². The van der Waals surface area contributed by atoms with Crippen molar-refractivity contribution in [3.05, 3.63) is 95.8 Å². The second-order valence-corrected chi connectivity index (χ2v) is 6.27. The van der Waals surface area contributed by atoms with Crippen LogP contribution in [0.1, 0.15) is 21.6 Å². The van der Waals surface area contributed by atoms with E-state index in [4.69, 9.17) is 0 Å². The summed E-state index contributed by atoms with van der Waals surface area (Å²) in [5.41, 5.74) is 3.88. The maximum atomic E-state index is 11.2. The van der Waals surface area contributed by atoms with Crippen LogP contribution in [0, 0.1) is 0 Å². The molecule has 0 radical (unpaired) electrons. The number of rotatable bonds is 6. The third-order valence-electron chi connectivity index (χ3n) is 4.40. The summed E-state index contributed by atoms with van der Waals surface area (Å²) in [6, 6.07) is 24.5. The van der Waals surface area contributed by atoms with E-state index >= 15 is 0 Å². The van der Waals surface area contributed by atoms with Crippen LogP contribution in [0.4, 0.5) is 5.82 Å². The van der Waals surface area contributed by atoms with Crippen LogP contribution in [-0.4, -0.2) is 16.3 Å². The number of fused-ring (bicyclic) bond motifs is 1. The molecule has 0 bridgehead atoms. The zero-order valence-electron chi connectivity index (χ0n) is 14.3. The number of aromatic nitrogens is 2. The molecule has 4 heteroatoms. The first kappa shape index (κ1) is 16.1. The lowest BCUT2D eigenvalue weighted by atomic mass is 10.1. The zero-order valence-corrected chi connectivity index (χ0v) is 14.3. The van der Waals surface area contributed by atoms with Crippen LogP contribution >= 0.6 is 0 Å². The molecule has 0 spiro atoms. The summed E-state index contributed by atoms with van der Waals surface area (Å²) >= 11 is 0. The first-order valence-electron chi connectivity index (χ1n) is 8.59. The molecule has 2 aromatic carbocycles. The van der Waals surface area contributed by atoms with Gasteiger partial charge in [0.15, 0.2) is 12.1 Å². The quantitative estimate of drug-likeness (QED) is 0.522. The molecule has 1 N–H and O–H groups in total. The fourth-order valence-corrected chi connectivity index (χ4v) is 3.18. The van der Waals surface area contributed by atoms with Crippen LogP contribution in [0.5, 0.6) is 0 Å². The summed E-state index contributed by atoms with van der Waals surface area (Å²) in [6.07, 6.45) is 2.63. The number of hydrogen-bond donors (Lipinski definition) is 1. The van der Waals surface area contributed by atoms with Gasteiger partial charge in [-0.3, -0.25) is 4.79 Å². The molecule has 0 aliphatic rings. The Morgan fingerprint density at radius 1 is 0.885 bits per heavy atom. The van der Waals surface area contributed by atoms with Crippen molar-refractivity contribution in [3.63, 3.8) is 0 Å². The van der Waals surface area contributed by atoms with Crippen LogP contribution in [0.15, 0.2) is 79.0 Å². The predicted molar refractivity (Wildman–Crippen MR) is 104 cm³/mol. The van der Waals surface area contributed by atoms with Crippen molar-refractivity contribution < 1.29 is 4.79 Å². The van der Waals surface area contributed by atoms with Gasteiger partial charge in [0, 0.05) is 24.7 Å². The van der Waals surface area contributed by atoms with Gasteiger partial charge in [-0.2, -0.15) is 0 Å². The van der Waals surface area contributed by atoms with Gasteiger partial charge in [-0.25, -0.2) is 4.98 Å². The Balaban J connectivity index is 1.77. The fraction of sp³-hybridized carbons (Fsp3) is 0.0909. The highest BCUT2D eigenvalue weighted by atomic mass is 16.1. The Bertz CT molecular complexity index is 968. The SMILES string of the molecule is O=Cc1cc2ccnc(N(Cc3ccccc3)Cc3ccccc3)c2[nH]1. The second-order valence-electron chi connectivity index (χ2n) is 6.27. The molecule has 2 heterocycles. The molecule has 4 aromatic rings. The van der Waals surface area contributed by atoms with E-state index in [9.17, 15) is 4.79 Å². The largest absolute Gasteiger partial charge is 0.349 e. The number of pyridine rings is 1. The highest BCUT2D eigenvalue weighted by Crippen LogP contribution is 2.27. The normalized spacial score (nSPS) is 10.8. The molecular formula is C22H19N3O. The van der Waals surface area contributed by atoms with Crippen LogP contribution < -0.4 is 4.90 Å². The Labute approximate surface area is 152 Å². The molecule has 0 saturated carbocycles. The second kappa shape index (κ2) is 7.23. The average Bonchev–Trinajstić information content (AvgIpc) is 3.12. The Morgan fingerprint density at radius 2 is 1.50 bits per heavy atom. The number of nitrogens with one attached hydrogen (secondary N) is 1. The molecule has 0 saturated heterocycles. The van der Waals surface area contributed by atoms with Gasteiger partial charge in [0.2, 0.25) is 0 Å². The van der Waals surface area contributed by atoms with Gasteiger partial charge < -0.3 is 9.88 Å². The van der Waals surface area contributed by atoms with Crippen molar-refractivity contribution in [1.29, 1.82) is 0 Å². The van der Waals surface area contributed by atoms with Crippen molar-refractivity contribution in [2.45, 2.75) is 13.1 Å². The van der Waals surface area contributed by atoms with Crippen LogP contribution in [0.25, 0.3) is 10.9 Å². The van der Waals surface area contributed by atoms with Gasteiger partial charge >= 0.3 is 0 Å². The molecule has 0 aliphatic heterocycles. The van der Waals surface area contributed by atoms with Crippen molar-refractivity contribution in [1.82, 2.24) is 9.97 Å². The lowest BCUT2D eigenvalue weighted by molar-refractivity contribution is 0.112. The lowest BCUT2D eigenvalue weighted by Crippen LogP contribution is -2.23. The van der Waals surface area contributed by atoms with Crippen molar-refractivity contribution >= 4 is 23.0 Å². The van der Waals surface area contributed by atoms with Crippen LogP contribution in [0.2, 0.25) is 0 Å². The molecular weight excluding hydrogens is 322 g/mol. The summed E-state index contributed by atoms with van der Waals surface area (Å²) in [6.45, 7) is 1.47. The van der Waals surface area contributed by atoms with E-state index in [1.54, 1.807) is 6.20 Å². The molecule has 4 rings (SSSR count). The summed E-state index contributed by atoms with van der Waals surface area (Å²) in [5, 5.41) is 0.989. The topological polar surface area (TPSA) is 49.0 Å². The van der Waals surface area contributed by atoms with E-state index in [1.807, 2.05) is 48.5 Å².